The second-order valence-electron chi connectivity index (χ2n) is 4.75. The Balaban J connectivity index is 2.37. The van der Waals surface area contributed by atoms with Gasteiger partial charge in [0.2, 0.25) is 0 Å². The quantitative estimate of drug-likeness (QED) is 0.599. The number of hydrogen-bond acceptors (Lipinski definition) is 2. The third kappa shape index (κ3) is 5.91. The maximum absolute atomic E-state index is 11.6. The van der Waals surface area contributed by atoms with Crippen molar-refractivity contribution in [2.24, 2.45) is 5.92 Å². The first kappa shape index (κ1) is 13.5. The zero-order valence-corrected chi connectivity index (χ0v) is 10.6. The fourth-order valence-electron chi connectivity index (χ4n) is 1.56. The molecule has 0 amide bonds. The largest absolute Gasteiger partial charge is 0.399 e. The molecular weight excluding hydrogens is 210 g/mol. The molecule has 0 fully saturated rings. The molecule has 1 aromatic carbocycles. The van der Waals surface area contributed by atoms with E-state index in [4.69, 9.17) is 5.73 Å². The Labute approximate surface area is 104 Å². The number of rotatable bonds is 6. The average molecular weight is 231 g/mol. The molecule has 0 aliphatic rings. The molecule has 0 saturated carbocycles. The fraction of sp³-hybridized carbons (Fsp3) is 0.400. The number of carbonyl (C=O) groups is 1. The number of benzene rings is 1. The number of carbonyl (C=O) groups excluding carboxylic acids is 1. The standard InChI is InChI=1S/C15H21NO/c1-12(2)4-3-5-15(17)11-8-13-6-9-14(16)10-7-13/h6-12H,3-5,16H2,1-2H3/b11-8+. The minimum atomic E-state index is 0.197. The normalized spacial score (nSPS) is 11.2. The highest BCUT2D eigenvalue weighted by Crippen LogP contribution is 2.09. The summed E-state index contributed by atoms with van der Waals surface area (Å²) in [6.45, 7) is 4.35. The summed E-state index contributed by atoms with van der Waals surface area (Å²) < 4.78 is 0. The summed E-state index contributed by atoms with van der Waals surface area (Å²) in [5, 5.41) is 0. The van der Waals surface area contributed by atoms with Crippen molar-refractivity contribution in [3.05, 3.63) is 35.9 Å². The summed E-state index contributed by atoms with van der Waals surface area (Å²) in [6.07, 6.45) is 6.23. The second-order valence-corrected chi connectivity index (χ2v) is 4.75. The zero-order chi connectivity index (χ0) is 12.7. The predicted octanol–water partition coefficient (Wildman–Crippen LogP) is 3.68. The van der Waals surface area contributed by atoms with Gasteiger partial charge in [-0.3, -0.25) is 4.79 Å². The van der Waals surface area contributed by atoms with Gasteiger partial charge in [0.05, 0.1) is 0 Å². The van der Waals surface area contributed by atoms with E-state index in [-0.39, 0.29) is 5.78 Å². The van der Waals surface area contributed by atoms with Crippen LogP contribution in [0.2, 0.25) is 0 Å². The highest BCUT2D eigenvalue weighted by Gasteiger charge is 1.99. The van der Waals surface area contributed by atoms with Gasteiger partial charge in [0.15, 0.2) is 5.78 Å². The molecule has 0 heterocycles. The minimum absolute atomic E-state index is 0.197. The summed E-state index contributed by atoms with van der Waals surface area (Å²) >= 11 is 0. The minimum Gasteiger partial charge on any atom is -0.399 e. The molecule has 0 bridgehead atoms. The number of hydrogen-bond donors (Lipinski definition) is 1. The molecule has 1 rings (SSSR count). The van der Waals surface area contributed by atoms with Crippen molar-refractivity contribution in [3.8, 4) is 0 Å². The van der Waals surface area contributed by atoms with Gasteiger partial charge in [0, 0.05) is 12.1 Å². The number of allylic oxidation sites excluding steroid dienone is 1. The van der Waals surface area contributed by atoms with E-state index in [2.05, 4.69) is 13.8 Å². The average Bonchev–Trinajstić information content (AvgIpc) is 2.28. The lowest BCUT2D eigenvalue weighted by atomic mass is 10.0. The van der Waals surface area contributed by atoms with Gasteiger partial charge in [-0.2, -0.15) is 0 Å². The number of nitrogens with two attached hydrogens (primary N) is 1. The molecule has 0 aliphatic carbocycles. The molecule has 0 atom stereocenters. The lowest BCUT2D eigenvalue weighted by Crippen LogP contribution is -1.94. The lowest BCUT2D eigenvalue weighted by Gasteiger charge is -2.01. The number of anilines is 1. The van der Waals surface area contributed by atoms with E-state index in [1.807, 2.05) is 30.3 Å². The molecule has 2 N–H and O–H groups in total. The number of nitrogen functional groups attached to an aromatic ring is 1. The molecule has 92 valence electrons. The van der Waals surface area contributed by atoms with Crippen molar-refractivity contribution in [3.63, 3.8) is 0 Å². The van der Waals surface area contributed by atoms with Crippen molar-refractivity contribution in [1.82, 2.24) is 0 Å². The van der Waals surface area contributed by atoms with E-state index in [0.29, 0.717) is 12.3 Å². The van der Waals surface area contributed by atoms with Gasteiger partial charge in [-0.15, -0.1) is 0 Å². The van der Waals surface area contributed by atoms with E-state index >= 15 is 0 Å². The van der Waals surface area contributed by atoms with Gasteiger partial charge in [-0.1, -0.05) is 38.5 Å². The molecular formula is C15H21NO. The smallest absolute Gasteiger partial charge is 0.155 e. The van der Waals surface area contributed by atoms with Crippen LogP contribution in [0.5, 0.6) is 0 Å². The van der Waals surface area contributed by atoms with Crippen LogP contribution < -0.4 is 5.73 Å². The summed E-state index contributed by atoms with van der Waals surface area (Å²) in [5.74, 6) is 0.867. The van der Waals surface area contributed by atoms with Crippen LogP contribution >= 0.6 is 0 Å². The van der Waals surface area contributed by atoms with Gasteiger partial charge in [-0.25, -0.2) is 0 Å². The van der Waals surface area contributed by atoms with E-state index in [0.717, 1.165) is 24.1 Å². The first-order chi connectivity index (χ1) is 8.08. The van der Waals surface area contributed by atoms with Crippen molar-refractivity contribution >= 4 is 17.5 Å². The number of ketones is 1. The maximum atomic E-state index is 11.6. The molecule has 0 aromatic heterocycles. The summed E-state index contributed by atoms with van der Waals surface area (Å²) in [5.41, 5.74) is 7.34. The molecule has 0 radical (unpaired) electrons. The van der Waals surface area contributed by atoms with Gasteiger partial charge in [0.1, 0.15) is 0 Å². The van der Waals surface area contributed by atoms with E-state index in [9.17, 15) is 4.79 Å². The molecule has 2 heteroatoms. The van der Waals surface area contributed by atoms with Crippen molar-refractivity contribution < 1.29 is 4.79 Å². The Morgan fingerprint density at radius 2 is 1.94 bits per heavy atom. The molecule has 0 spiro atoms. The van der Waals surface area contributed by atoms with Crippen molar-refractivity contribution in [2.75, 3.05) is 5.73 Å². The van der Waals surface area contributed by atoms with Gasteiger partial charge < -0.3 is 5.73 Å². The molecule has 1 aromatic rings. The Kier molecular flexibility index (Phi) is 5.47. The highest BCUT2D eigenvalue weighted by atomic mass is 16.1. The third-order valence-electron chi connectivity index (χ3n) is 2.60. The highest BCUT2D eigenvalue weighted by molar-refractivity contribution is 5.93. The molecule has 0 aliphatic heterocycles. The maximum Gasteiger partial charge on any atom is 0.155 e. The zero-order valence-electron chi connectivity index (χ0n) is 10.6. The van der Waals surface area contributed by atoms with Crippen LogP contribution in [-0.4, -0.2) is 5.78 Å². The SMILES string of the molecule is CC(C)CCCC(=O)/C=C/c1ccc(N)cc1. The van der Waals surface area contributed by atoms with Crippen LogP contribution in [0.1, 0.15) is 38.7 Å². The lowest BCUT2D eigenvalue weighted by molar-refractivity contribution is -0.114. The monoisotopic (exact) mass is 231 g/mol. The Morgan fingerprint density at radius 3 is 2.53 bits per heavy atom. The van der Waals surface area contributed by atoms with Gasteiger partial charge >= 0.3 is 0 Å². The van der Waals surface area contributed by atoms with Gasteiger partial charge in [-0.05, 0) is 36.1 Å². The summed E-state index contributed by atoms with van der Waals surface area (Å²) in [6, 6.07) is 7.49. The molecule has 17 heavy (non-hydrogen) atoms. The first-order valence-electron chi connectivity index (χ1n) is 6.14. The van der Waals surface area contributed by atoms with Crippen LogP contribution in [0.4, 0.5) is 5.69 Å². The topological polar surface area (TPSA) is 43.1 Å². The van der Waals surface area contributed by atoms with Crippen molar-refractivity contribution in [2.45, 2.75) is 33.1 Å². The van der Waals surface area contributed by atoms with E-state index in [1.54, 1.807) is 6.08 Å². The third-order valence-corrected chi connectivity index (χ3v) is 2.60. The molecule has 2 nitrogen and oxygen atoms in total. The summed E-state index contributed by atoms with van der Waals surface area (Å²) in [7, 11) is 0. The van der Waals surface area contributed by atoms with Crippen LogP contribution in [0.15, 0.2) is 30.3 Å². The van der Waals surface area contributed by atoms with E-state index < -0.39 is 0 Å². The fourth-order valence-corrected chi connectivity index (χ4v) is 1.56. The van der Waals surface area contributed by atoms with Crippen molar-refractivity contribution in [1.29, 1.82) is 0 Å². The first-order valence-corrected chi connectivity index (χ1v) is 6.14. The van der Waals surface area contributed by atoms with Gasteiger partial charge in [0.25, 0.3) is 0 Å². The van der Waals surface area contributed by atoms with E-state index in [1.165, 1.54) is 0 Å². The Hall–Kier alpha value is -1.57. The van der Waals surface area contributed by atoms with Crippen LogP contribution in [0.3, 0.4) is 0 Å². The van der Waals surface area contributed by atoms with Crippen LogP contribution in [0.25, 0.3) is 6.08 Å². The Bertz CT molecular complexity index is 376. The predicted molar refractivity (Wildman–Crippen MR) is 73.6 cm³/mol. The second kappa shape index (κ2) is 6.89. The Morgan fingerprint density at radius 1 is 1.29 bits per heavy atom. The molecule has 0 saturated heterocycles. The summed E-state index contributed by atoms with van der Waals surface area (Å²) in [4.78, 5) is 11.6. The molecule has 0 unspecified atom stereocenters. The van der Waals surface area contributed by atoms with Crippen LogP contribution in [-0.2, 0) is 4.79 Å². The van der Waals surface area contributed by atoms with Crippen LogP contribution in [0, 0.1) is 5.92 Å².